The molecule has 0 aliphatic rings. The van der Waals surface area contributed by atoms with Crippen molar-refractivity contribution in [2.75, 3.05) is 13.1 Å². The summed E-state index contributed by atoms with van der Waals surface area (Å²) in [5.74, 6) is -0.432. The van der Waals surface area contributed by atoms with Gasteiger partial charge in [0.05, 0.1) is 6.54 Å². The van der Waals surface area contributed by atoms with E-state index in [1.165, 1.54) is 12.1 Å². The van der Waals surface area contributed by atoms with E-state index in [2.05, 4.69) is 10.6 Å². The van der Waals surface area contributed by atoms with Crippen LogP contribution in [-0.2, 0) is 11.3 Å². The lowest BCUT2D eigenvalue weighted by Crippen LogP contribution is -2.33. The van der Waals surface area contributed by atoms with Crippen LogP contribution in [0.2, 0.25) is 5.02 Å². The third-order valence-corrected chi connectivity index (χ3v) is 2.34. The average Bonchev–Trinajstić information content (AvgIpc) is 2.22. The van der Waals surface area contributed by atoms with Crippen LogP contribution in [0.5, 0.6) is 0 Å². The summed E-state index contributed by atoms with van der Waals surface area (Å²) in [6.07, 6.45) is 0. The van der Waals surface area contributed by atoms with Crippen molar-refractivity contribution in [3.05, 3.63) is 34.6 Å². The van der Waals surface area contributed by atoms with Crippen molar-refractivity contribution in [2.45, 2.75) is 13.5 Å². The number of hydrogen-bond donors (Lipinski definition) is 2. The molecule has 1 rings (SSSR count). The third kappa shape index (κ3) is 4.16. The lowest BCUT2D eigenvalue weighted by atomic mass is 10.2. The van der Waals surface area contributed by atoms with Gasteiger partial charge in [-0.15, -0.1) is 0 Å². The average molecular weight is 245 g/mol. The van der Waals surface area contributed by atoms with Gasteiger partial charge < -0.3 is 10.6 Å². The number of carbonyl (C=O) groups excluding carboxylic acids is 1. The van der Waals surface area contributed by atoms with Crippen molar-refractivity contribution in [2.24, 2.45) is 0 Å². The number of rotatable bonds is 5. The van der Waals surface area contributed by atoms with Gasteiger partial charge in [-0.25, -0.2) is 4.39 Å². The molecule has 0 fully saturated rings. The van der Waals surface area contributed by atoms with E-state index in [0.29, 0.717) is 18.1 Å². The number of carbonyl (C=O) groups is 1. The molecule has 0 aromatic heterocycles. The maximum atomic E-state index is 12.7. The summed E-state index contributed by atoms with van der Waals surface area (Å²) in [6.45, 7) is 3.13. The van der Waals surface area contributed by atoms with Crippen molar-refractivity contribution in [1.29, 1.82) is 0 Å². The number of hydrogen-bond acceptors (Lipinski definition) is 2. The van der Waals surface area contributed by atoms with Crippen molar-refractivity contribution in [1.82, 2.24) is 10.6 Å². The topological polar surface area (TPSA) is 41.1 Å². The molecule has 0 saturated heterocycles. The van der Waals surface area contributed by atoms with Crippen LogP contribution in [0.3, 0.4) is 0 Å². The second kappa shape index (κ2) is 6.45. The number of amides is 1. The fraction of sp³-hybridized carbons (Fsp3) is 0.364. The fourth-order valence-electron chi connectivity index (χ4n) is 1.24. The van der Waals surface area contributed by atoms with Gasteiger partial charge in [-0.2, -0.15) is 0 Å². The highest BCUT2D eigenvalue weighted by atomic mass is 35.5. The Morgan fingerprint density at radius 2 is 2.25 bits per heavy atom. The molecule has 3 nitrogen and oxygen atoms in total. The summed E-state index contributed by atoms with van der Waals surface area (Å²) in [7, 11) is 0. The minimum atomic E-state index is -0.363. The molecule has 1 aromatic carbocycles. The zero-order valence-corrected chi connectivity index (χ0v) is 9.77. The van der Waals surface area contributed by atoms with Crippen LogP contribution >= 0.6 is 11.6 Å². The van der Waals surface area contributed by atoms with Crippen molar-refractivity contribution in [3.8, 4) is 0 Å². The molecule has 1 aromatic rings. The Bertz CT molecular complexity index is 371. The second-order valence-corrected chi connectivity index (χ2v) is 3.70. The zero-order chi connectivity index (χ0) is 12.0. The van der Waals surface area contributed by atoms with E-state index in [1.807, 2.05) is 6.92 Å². The maximum absolute atomic E-state index is 12.7. The molecule has 16 heavy (non-hydrogen) atoms. The molecule has 0 spiro atoms. The Labute approximate surface area is 99.0 Å². The molecule has 0 saturated carbocycles. The van der Waals surface area contributed by atoms with Crippen LogP contribution in [0.25, 0.3) is 0 Å². The van der Waals surface area contributed by atoms with Crippen LogP contribution in [0.4, 0.5) is 4.39 Å². The Morgan fingerprint density at radius 3 is 2.88 bits per heavy atom. The van der Waals surface area contributed by atoms with Gasteiger partial charge in [0, 0.05) is 18.1 Å². The molecule has 5 heteroatoms. The maximum Gasteiger partial charge on any atom is 0.233 e. The van der Waals surface area contributed by atoms with Crippen molar-refractivity contribution < 1.29 is 9.18 Å². The predicted octanol–water partition coefficient (Wildman–Crippen LogP) is 1.70. The Hall–Kier alpha value is -1.13. The lowest BCUT2D eigenvalue weighted by molar-refractivity contribution is -0.120. The minimum Gasteiger partial charge on any atom is -0.355 e. The summed E-state index contributed by atoms with van der Waals surface area (Å²) in [6, 6.07) is 4.20. The van der Waals surface area contributed by atoms with Gasteiger partial charge in [0.1, 0.15) is 5.82 Å². The molecular weight excluding hydrogens is 231 g/mol. The van der Waals surface area contributed by atoms with E-state index in [4.69, 9.17) is 11.6 Å². The van der Waals surface area contributed by atoms with Gasteiger partial charge in [0.2, 0.25) is 5.91 Å². The van der Waals surface area contributed by atoms with Gasteiger partial charge in [-0.3, -0.25) is 4.79 Å². The quantitative estimate of drug-likeness (QED) is 0.828. The number of benzene rings is 1. The molecular formula is C11H14ClFN2O. The first-order chi connectivity index (χ1) is 7.63. The Morgan fingerprint density at radius 1 is 1.50 bits per heavy atom. The van der Waals surface area contributed by atoms with E-state index < -0.39 is 0 Å². The van der Waals surface area contributed by atoms with E-state index >= 15 is 0 Å². The summed E-state index contributed by atoms with van der Waals surface area (Å²) in [4.78, 5) is 11.1. The van der Waals surface area contributed by atoms with Gasteiger partial charge in [-0.1, -0.05) is 17.7 Å². The highest BCUT2D eigenvalue weighted by molar-refractivity contribution is 6.31. The van der Waals surface area contributed by atoms with Gasteiger partial charge >= 0.3 is 0 Å². The summed E-state index contributed by atoms with van der Waals surface area (Å²) >= 11 is 5.83. The second-order valence-electron chi connectivity index (χ2n) is 3.29. The first kappa shape index (κ1) is 12.9. The molecule has 0 aliphatic carbocycles. The largest absolute Gasteiger partial charge is 0.355 e. The van der Waals surface area contributed by atoms with Crippen LogP contribution in [0.1, 0.15) is 12.5 Å². The molecule has 0 atom stereocenters. The van der Waals surface area contributed by atoms with Gasteiger partial charge in [0.25, 0.3) is 0 Å². The summed E-state index contributed by atoms with van der Waals surface area (Å²) in [5, 5.41) is 5.95. The molecule has 88 valence electrons. The predicted molar refractivity (Wildman–Crippen MR) is 61.8 cm³/mol. The van der Waals surface area contributed by atoms with Crippen molar-refractivity contribution >= 4 is 17.5 Å². The molecule has 1 amide bonds. The third-order valence-electron chi connectivity index (χ3n) is 1.99. The van der Waals surface area contributed by atoms with Crippen LogP contribution < -0.4 is 10.6 Å². The Kier molecular flexibility index (Phi) is 5.22. The minimum absolute atomic E-state index is 0.0688. The van der Waals surface area contributed by atoms with Crippen LogP contribution in [0, 0.1) is 5.82 Å². The summed E-state index contributed by atoms with van der Waals surface area (Å²) in [5.41, 5.74) is 0.771. The van der Waals surface area contributed by atoms with E-state index in [-0.39, 0.29) is 18.3 Å². The number of likely N-dealkylation sites (N-methyl/N-ethyl adjacent to an activating group) is 1. The standard InChI is InChI=1S/C11H14ClFN2O/c1-2-15-11(16)7-14-6-8-3-4-9(13)5-10(8)12/h3-5,14H,2,6-7H2,1H3,(H,15,16). The highest BCUT2D eigenvalue weighted by Crippen LogP contribution is 2.16. The highest BCUT2D eigenvalue weighted by Gasteiger charge is 2.03. The Balaban J connectivity index is 2.40. The van der Waals surface area contributed by atoms with Crippen LogP contribution in [-0.4, -0.2) is 19.0 Å². The zero-order valence-electron chi connectivity index (χ0n) is 9.02. The first-order valence-corrected chi connectivity index (χ1v) is 5.42. The smallest absolute Gasteiger partial charge is 0.233 e. The number of nitrogens with one attached hydrogen (secondary N) is 2. The van der Waals surface area contributed by atoms with Crippen molar-refractivity contribution in [3.63, 3.8) is 0 Å². The molecule has 0 radical (unpaired) electrons. The van der Waals surface area contributed by atoms with E-state index in [1.54, 1.807) is 6.07 Å². The first-order valence-electron chi connectivity index (χ1n) is 5.04. The normalized spacial score (nSPS) is 10.2. The molecule has 0 heterocycles. The molecule has 0 bridgehead atoms. The molecule has 0 unspecified atom stereocenters. The summed E-state index contributed by atoms with van der Waals surface area (Å²) < 4.78 is 12.7. The number of halogens is 2. The van der Waals surface area contributed by atoms with Gasteiger partial charge in [0.15, 0.2) is 0 Å². The molecule has 0 aliphatic heterocycles. The molecule has 2 N–H and O–H groups in total. The van der Waals surface area contributed by atoms with E-state index in [0.717, 1.165) is 5.56 Å². The fourth-order valence-corrected chi connectivity index (χ4v) is 1.47. The van der Waals surface area contributed by atoms with Gasteiger partial charge in [-0.05, 0) is 24.6 Å². The monoisotopic (exact) mass is 244 g/mol. The van der Waals surface area contributed by atoms with Crippen LogP contribution in [0.15, 0.2) is 18.2 Å². The SMILES string of the molecule is CCNC(=O)CNCc1ccc(F)cc1Cl. The lowest BCUT2D eigenvalue weighted by Gasteiger charge is -2.06. The van der Waals surface area contributed by atoms with E-state index in [9.17, 15) is 9.18 Å².